The quantitative estimate of drug-likeness (QED) is 0.126. The van der Waals surface area contributed by atoms with E-state index in [1.165, 1.54) is 22.3 Å². The molecule has 8 nitrogen and oxygen atoms in total. The van der Waals surface area contributed by atoms with E-state index in [0.29, 0.717) is 11.1 Å². The van der Waals surface area contributed by atoms with Gasteiger partial charge in [0.2, 0.25) is 0 Å². The van der Waals surface area contributed by atoms with Gasteiger partial charge in [0, 0.05) is 91.0 Å². The summed E-state index contributed by atoms with van der Waals surface area (Å²) in [6, 6.07) is 99.4. The molecule has 13 aromatic carbocycles. The zero-order chi connectivity index (χ0) is 68.5. The zero-order valence-electron chi connectivity index (χ0n) is 58.0. The van der Waals surface area contributed by atoms with Gasteiger partial charge in [0.1, 0.15) is 0 Å². The minimum atomic E-state index is -0.333. The molecule has 0 bridgehead atoms. The maximum Gasteiger partial charge on any atom is 0.252 e. The lowest BCUT2D eigenvalue weighted by atomic mass is 9.30. The van der Waals surface area contributed by atoms with E-state index in [2.05, 4.69) is 353 Å². The highest BCUT2D eigenvalue weighted by molar-refractivity contribution is 7.03. The molecular formula is C90H72B2N8. The summed E-state index contributed by atoms with van der Waals surface area (Å²) in [5.41, 5.74) is 38.1. The lowest BCUT2D eigenvalue weighted by Crippen LogP contribution is -2.65. The summed E-state index contributed by atoms with van der Waals surface area (Å²) in [6.45, 7) is 21.2. The Hall–Kier alpha value is -12.2. The van der Waals surface area contributed by atoms with Gasteiger partial charge in [-0.15, -0.1) is 0 Å². The number of nitriles is 2. The maximum absolute atomic E-state index is 11.1. The van der Waals surface area contributed by atoms with Crippen molar-refractivity contribution < 1.29 is 0 Å². The first-order valence-electron chi connectivity index (χ1n) is 34.5. The summed E-state index contributed by atoms with van der Waals surface area (Å²) in [5, 5.41) is 22.1. The molecule has 478 valence electrons. The Balaban J connectivity index is 1.03. The molecule has 10 heteroatoms. The number of benzene rings is 13. The van der Waals surface area contributed by atoms with Crippen LogP contribution in [0.5, 0.6) is 0 Å². The molecule has 0 unspecified atom stereocenters. The van der Waals surface area contributed by atoms with E-state index in [9.17, 15) is 10.5 Å². The van der Waals surface area contributed by atoms with Crippen molar-refractivity contribution in [3.8, 4) is 12.1 Å². The fraction of sp³-hybridized carbons (Fsp3) is 0.111. The van der Waals surface area contributed by atoms with Gasteiger partial charge in [-0.05, 0) is 297 Å². The number of nitrogens with zero attached hydrogens (tertiary/aromatic N) is 8. The van der Waals surface area contributed by atoms with E-state index in [1.54, 1.807) is 0 Å². The summed E-state index contributed by atoms with van der Waals surface area (Å²) < 4.78 is 0. The van der Waals surface area contributed by atoms with Crippen LogP contribution >= 0.6 is 0 Å². The van der Waals surface area contributed by atoms with Crippen LogP contribution in [0, 0.1) is 91.9 Å². The second kappa shape index (κ2) is 23.8. The Morgan fingerprint density at radius 2 is 0.610 bits per heavy atom. The number of anilines is 18. The molecule has 0 atom stereocenters. The third kappa shape index (κ3) is 10.0. The average molecular weight is 1290 g/mol. The van der Waals surface area contributed by atoms with Crippen LogP contribution in [0.15, 0.2) is 255 Å². The molecule has 13 aromatic rings. The molecule has 0 spiro atoms. The van der Waals surface area contributed by atoms with Gasteiger partial charge in [0.25, 0.3) is 13.4 Å². The number of aryl methyl sites for hydroxylation is 10. The summed E-state index contributed by atoms with van der Waals surface area (Å²) >= 11 is 0. The zero-order valence-corrected chi connectivity index (χ0v) is 58.0. The fourth-order valence-corrected chi connectivity index (χ4v) is 16.7. The Morgan fingerprint density at radius 3 is 1.01 bits per heavy atom. The van der Waals surface area contributed by atoms with Crippen LogP contribution in [-0.4, -0.2) is 13.4 Å². The van der Waals surface area contributed by atoms with Gasteiger partial charge in [-0.3, -0.25) is 0 Å². The molecular weight excluding hydrogens is 1210 g/mol. The van der Waals surface area contributed by atoms with Gasteiger partial charge >= 0.3 is 0 Å². The van der Waals surface area contributed by atoms with Gasteiger partial charge in [-0.2, -0.15) is 10.5 Å². The molecule has 4 aliphatic heterocycles. The predicted octanol–water partition coefficient (Wildman–Crippen LogP) is 19.6. The van der Waals surface area contributed by atoms with Gasteiger partial charge in [-0.25, -0.2) is 0 Å². The van der Waals surface area contributed by atoms with Crippen molar-refractivity contribution in [2.75, 3.05) is 29.4 Å². The Labute approximate surface area is 587 Å². The van der Waals surface area contributed by atoms with Crippen LogP contribution in [0.1, 0.15) is 66.8 Å². The minimum Gasteiger partial charge on any atom is -0.311 e. The second-order valence-corrected chi connectivity index (χ2v) is 28.0. The number of para-hydroxylation sites is 3. The van der Waals surface area contributed by atoms with Crippen LogP contribution in [-0.2, 0) is 0 Å². The molecule has 4 aliphatic rings. The van der Waals surface area contributed by atoms with Gasteiger partial charge in [0.15, 0.2) is 0 Å². The normalized spacial score (nSPS) is 12.8. The van der Waals surface area contributed by atoms with Gasteiger partial charge < -0.3 is 29.4 Å². The van der Waals surface area contributed by atoms with E-state index in [0.717, 1.165) is 169 Å². The number of rotatable bonds is 10. The van der Waals surface area contributed by atoms with Crippen molar-refractivity contribution in [2.45, 2.75) is 69.2 Å². The fourth-order valence-electron chi connectivity index (χ4n) is 16.7. The van der Waals surface area contributed by atoms with Gasteiger partial charge in [0.05, 0.1) is 34.6 Å². The molecule has 17 rings (SSSR count). The summed E-state index contributed by atoms with van der Waals surface area (Å²) in [7, 11) is 0. The standard InChI is InChI=1S/C90H72B2N8/c1-55-26-28-63(9)79(43-55)98(80-44-56(2)27-29-64(80)10)74-49-86-90-88(50-74)100(72-41-61(7)36-62(8)42-72)82-46-66(54-94)31-33-76(82)92(90)78-51-77-83(52-84(78)97(86)69-24-18-13-19-25-69)96(68-22-16-12-17-23-68)85-47-73(95(67-20-14-11-15-21-67)70-37-57(3)34-58(4)38-70)48-87-89(85)91(77)75-32-30-65(53-93)45-81(75)99(87)71-39-59(5)35-60(6)40-71/h11-52H,1-10H3. The molecule has 0 fully saturated rings. The molecule has 0 aliphatic carbocycles. The number of hydrogen-bond donors (Lipinski definition) is 0. The molecule has 0 saturated heterocycles. The van der Waals surface area contributed by atoms with Crippen LogP contribution in [0.2, 0.25) is 0 Å². The summed E-state index contributed by atoms with van der Waals surface area (Å²) in [6.07, 6.45) is 0. The van der Waals surface area contributed by atoms with Crippen LogP contribution in [0.3, 0.4) is 0 Å². The van der Waals surface area contributed by atoms with E-state index in [-0.39, 0.29) is 13.4 Å². The summed E-state index contributed by atoms with van der Waals surface area (Å²) in [5.74, 6) is 0. The highest BCUT2D eigenvalue weighted by atomic mass is 15.2. The van der Waals surface area contributed by atoms with Crippen LogP contribution in [0.4, 0.5) is 102 Å². The third-order valence-electron chi connectivity index (χ3n) is 20.7. The summed E-state index contributed by atoms with van der Waals surface area (Å²) in [4.78, 5) is 14.9. The highest BCUT2D eigenvalue weighted by Gasteiger charge is 2.49. The van der Waals surface area contributed by atoms with Crippen LogP contribution < -0.4 is 62.2 Å². The number of fused-ring (bicyclic) bond motifs is 8. The smallest absolute Gasteiger partial charge is 0.252 e. The maximum atomic E-state index is 11.1. The van der Waals surface area contributed by atoms with Crippen molar-refractivity contribution in [1.82, 2.24) is 0 Å². The van der Waals surface area contributed by atoms with Crippen molar-refractivity contribution in [3.63, 3.8) is 0 Å². The molecule has 0 amide bonds. The first-order chi connectivity index (χ1) is 48.6. The molecule has 0 saturated carbocycles. The minimum absolute atomic E-state index is 0.330. The Bertz CT molecular complexity index is 5540. The topological polar surface area (TPSA) is 67.0 Å². The molecule has 4 heterocycles. The predicted molar refractivity (Wildman–Crippen MR) is 421 cm³/mol. The average Bonchev–Trinajstić information content (AvgIpc) is 0.685. The van der Waals surface area contributed by atoms with E-state index >= 15 is 0 Å². The van der Waals surface area contributed by atoms with Crippen molar-refractivity contribution in [3.05, 3.63) is 322 Å². The lowest BCUT2D eigenvalue weighted by Gasteiger charge is -2.48. The van der Waals surface area contributed by atoms with E-state index in [1.807, 2.05) is 12.1 Å². The Kier molecular flexibility index (Phi) is 14.6. The van der Waals surface area contributed by atoms with Gasteiger partial charge in [-0.1, -0.05) is 115 Å². The highest BCUT2D eigenvalue weighted by Crippen LogP contribution is 2.53. The van der Waals surface area contributed by atoms with Crippen molar-refractivity contribution in [2.24, 2.45) is 0 Å². The van der Waals surface area contributed by atoms with E-state index in [4.69, 9.17) is 0 Å². The Morgan fingerprint density at radius 1 is 0.260 bits per heavy atom. The molecule has 0 aromatic heterocycles. The monoisotopic (exact) mass is 1290 g/mol. The largest absolute Gasteiger partial charge is 0.311 e. The third-order valence-corrected chi connectivity index (χ3v) is 20.7. The SMILES string of the molecule is Cc1cc(C)cc(N(c2ccccc2)c2cc3c4c(c2)N(c2ccccc2)c2cc5c(cc2B4c2ccc(C#N)cc2N3c2cc(C)cc(C)c2)B2c3ccc(C#N)cc3N(c3cc(C)cc(C)c3)c3cc(N(c4cc(C)ccc4C)c4cc(C)ccc4C)cc(c32)N5c2ccccc2)c1. The van der Waals surface area contributed by atoms with Crippen molar-refractivity contribution >= 4 is 149 Å². The first-order valence-corrected chi connectivity index (χ1v) is 34.5. The molecule has 0 N–H and O–H groups in total. The lowest BCUT2D eigenvalue weighted by molar-refractivity contribution is 1.19. The second-order valence-electron chi connectivity index (χ2n) is 28.0. The molecule has 0 radical (unpaired) electrons. The van der Waals surface area contributed by atoms with E-state index < -0.39 is 0 Å². The molecule has 100 heavy (non-hydrogen) atoms. The van der Waals surface area contributed by atoms with Crippen molar-refractivity contribution in [1.29, 1.82) is 10.5 Å². The van der Waals surface area contributed by atoms with Crippen LogP contribution in [0.25, 0.3) is 0 Å². The first kappa shape index (κ1) is 61.4. The number of hydrogen-bond acceptors (Lipinski definition) is 8.